The van der Waals surface area contributed by atoms with E-state index >= 15 is 0 Å². The fraction of sp³-hybridized carbons (Fsp3) is 0.367. The lowest BCUT2D eigenvalue weighted by atomic mass is 9.95. The molecule has 0 bridgehead atoms. The maximum atomic E-state index is 13.4. The number of Topliss-reactive ketones (excluding diaryl/α,β-unsaturated/α-hetero) is 1. The van der Waals surface area contributed by atoms with Crippen LogP contribution >= 0.6 is 0 Å². The van der Waals surface area contributed by atoms with E-state index in [0.717, 1.165) is 6.42 Å². The van der Waals surface area contributed by atoms with Gasteiger partial charge in [0.2, 0.25) is 0 Å². The number of aliphatic hydroxyl groups excluding tert-OH is 1. The van der Waals surface area contributed by atoms with Crippen LogP contribution in [0.3, 0.4) is 0 Å². The second-order valence-corrected chi connectivity index (χ2v) is 10.1. The Kier molecular flexibility index (Phi) is 7.86. The monoisotopic (exact) mass is 531 g/mol. The van der Waals surface area contributed by atoms with E-state index in [1.54, 1.807) is 30.7 Å². The van der Waals surface area contributed by atoms with Crippen LogP contribution in [-0.4, -0.2) is 57.6 Å². The maximum absolute atomic E-state index is 13.4. The van der Waals surface area contributed by atoms with Crippen LogP contribution in [-0.2, 0) is 16.1 Å². The molecule has 3 aromatic rings. The number of hydrogen-bond acceptors (Lipinski definition) is 7. The Balaban J connectivity index is 1.50. The van der Waals surface area contributed by atoms with E-state index in [1.807, 2.05) is 35.0 Å². The summed E-state index contributed by atoms with van der Waals surface area (Å²) >= 11 is 0. The predicted molar refractivity (Wildman–Crippen MR) is 145 cm³/mol. The largest absolute Gasteiger partial charge is 0.507 e. The fourth-order valence-corrected chi connectivity index (χ4v) is 4.83. The molecule has 1 atom stereocenters. The van der Waals surface area contributed by atoms with E-state index in [-0.39, 0.29) is 11.3 Å². The highest BCUT2D eigenvalue weighted by atomic mass is 16.6. The van der Waals surface area contributed by atoms with Crippen molar-refractivity contribution in [3.8, 4) is 17.2 Å². The molecule has 1 N–H and O–H groups in total. The van der Waals surface area contributed by atoms with Gasteiger partial charge in [-0.3, -0.25) is 9.59 Å². The van der Waals surface area contributed by atoms with Gasteiger partial charge in [0.05, 0.1) is 24.5 Å². The van der Waals surface area contributed by atoms with Gasteiger partial charge in [-0.15, -0.1) is 0 Å². The van der Waals surface area contributed by atoms with Gasteiger partial charge in [0.1, 0.15) is 24.7 Å². The first kappa shape index (κ1) is 26.3. The van der Waals surface area contributed by atoms with Crippen LogP contribution in [0.1, 0.15) is 43.9 Å². The van der Waals surface area contributed by atoms with E-state index in [4.69, 9.17) is 14.2 Å². The molecule has 204 valence electrons. The summed E-state index contributed by atoms with van der Waals surface area (Å²) in [5.74, 6) is 0.589. The highest BCUT2D eigenvalue weighted by Gasteiger charge is 2.46. The van der Waals surface area contributed by atoms with E-state index < -0.39 is 17.7 Å². The third kappa shape index (κ3) is 5.77. The van der Waals surface area contributed by atoms with Gasteiger partial charge in [-0.25, -0.2) is 4.98 Å². The minimum absolute atomic E-state index is 0.0404. The zero-order valence-electron chi connectivity index (χ0n) is 22.2. The second-order valence-electron chi connectivity index (χ2n) is 10.1. The van der Waals surface area contributed by atoms with Gasteiger partial charge in [-0.1, -0.05) is 26.0 Å². The standard InChI is InChI=1S/C30H33N3O6/c1-20(2)9-14-37-23-6-3-5-21(17-23)27-26(28(34)22-7-8-24-25(18-22)39-16-15-38-24)29(35)30(36)33(27)12-4-11-32-13-10-31-19-32/h3,5-8,10,13,17-20,27,34H,4,9,11-12,14-16H2,1-2H3/b28-26-. The predicted octanol–water partition coefficient (Wildman–Crippen LogP) is 4.59. The molecule has 2 aromatic carbocycles. The van der Waals surface area contributed by atoms with Crippen LogP contribution in [0.4, 0.5) is 0 Å². The summed E-state index contributed by atoms with van der Waals surface area (Å²) in [4.78, 5) is 32.3. The Morgan fingerprint density at radius 1 is 1.10 bits per heavy atom. The molecular formula is C30H33N3O6. The molecule has 2 aliphatic heterocycles. The lowest BCUT2D eigenvalue weighted by molar-refractivity contribution is -0.139. The summed E-state index contributed by atoms with van der Waals surface area (Å²) < 4.78 is 19.2. The number of aliphatic hydroxyl groups is 1. The number of carbonyl (C=O) groups excluding carboxylic acids is 2. The number of aryl methyl sites for hydroxylation is 1. The topological polar surface area (TPSA) is 103 Å². The second kappa shape index (κ2) is 11.6. The van der Waals surface area contributed by atoms with Crippen molar-refractivity contribution in [3.63, 3.8) is 0 Å². The number of ether oxygens (including phenoxy) is 3. The molecule has 0 saturated carbocycles. The lowest BCUT2D eigenvalue weighted by Crippen LogP contribution is -2.31. The smallest absolute Gasteiger partial charge is 0.295 e. The van der Waals surface area contributed by atoms with Crippen LogP contribution < -0.4 is 14.2 Å². The summed E-state index contributed by atoms with van der Waals surface area (Å²) in [5.41, 5.74) is 1.11. The van der Waals surface area contributed by atoms with E-state index in [9.17, 15) is 14.7 Å². The van der Waals surface area contributed by atoms with Gasteiger partial charge in [0.15, 0.2) is 11.5 Å². The molecule has 9 nitrogen and oxygen atoms in total. The van der Waals surface area contributed by atoms with Crippen molar-refractivity contribution in [2.24, 2.45) is 5.92 Å². The number of rotatable bonds is 10. The third-order valence-electron chi connectivity index (χ3n) is 6.87. The van der Waals surface area contributed by atoms with Crippen molar-refractivity contribution >= 4 is 17.4 Å². The SMILES string of the molecule is CC(C)CCOc1cccc(C2/C(=C(/O)c3ccc4c(c3)OCCO4)C(=O)C(=O)N2CCCn2ccnc2)c1. The molecule has 0 spiro atoms. The van der Waals surface area contributed by atoms with Crippen LogP contribution in [0.15, 0.2) is 66.8 Å². The molecule has 0 aliphatic carbocycles. The Labute approximate surface area is 227 Å². The van der Waals surface area contributed by atoms with Gasteiger partial charge >= 0.3 is 0 Å². The number of nitrogens with zero attached hydrogens (tertiary/aromatic N) is 3. The molecule has 9 heteroatoms. The number of benzene rings is 2. The summed E-state index contributed by atoms with van der Waals surface area (Å²) in [6, 6.07) is 11.6. The first-order valence-corrected chi connectivity index (χ1v) is 13.3. The summed E-state index contributed by atoms with van der Waals surface area (Å²) in [6.07, 6.45) is 6.77. The number of aromatic nitrogens is 2. The molecule has 2 aliphatic rings. The Bertz CT molecular complexity index is 1360. The summed E-state index contributed by atoms with van der Waals surface area (Å²) in [6.45, 7) is 6.62. The minimum Gasteiger partial charge on any atom is -0.507 e. The third-order valence-corrected chi connectivity index (χ3v) is 6.87. The molecule has 0 radical (unpaired) electrons. The van der Waals surface area contributed by atoms with Crippen molar-refractivity contribution < 1.29 is 28.9 Å². The van der Waals surface area contributed by atoms with E-state index in [0.29, 0.717) is 73.6 Å². The number of imidazole rings is 1. The Hall–Kier alpha value is -4.27. The number of carbonyl (C=O) groups is 2. The van der Waals surface area contributed by atoms with Gasteiger partial charge in [0.25, 0.3) is 11.7 Å². The van der Waals surface area contributed by atoms with Crippen molar-refractivity contribution in [2.75, 3.05) is 26.4 Å². The van der Waals surface area contributed by atoms with Crippen molar-refractivity contribution in [1.82, 2.24) is 14.5 Å². The van der Waals surface area contributed by atoms with Crippen LogP contribution in [0.2, 0.25) is 0 Å². The molecule has 3 heterocycles. The van der Waals surface area contributed by atoms with Gasteiger partial charge in [-0.05, 0) is 54.7 Å². The normalized spacial score (nSPS) is 18.1. The fourth-order valence-electron chi connectivity index (χ4n) is 4.83. The maximum Gasteiger partial charge on any atom is 0.295 e. The first-order valence-electron chi connectivity index (χ1n) is 13.3. The molecule has 1 fully saturated rings. The molecule has 1 unspecified atom stereocenters. The highest BCUT2D eigenvalue weighted by molar-refractivity contribution is 6.46. The quantitative estimate of drug-likeness (QED) is 0.232. The van der Waals surface area contributed by atoms with Crippen molar-refractivity contribution in [1.29, 1.82) is 0 Å². The van der Waals surface area contributed by atoms with Crippen molar-refractivity contribution in [3.05, 3.63) is 77.9 Å². The minimum atomic E-state index is -0.769. The van der Waals surface area contributed by atoms with Gasteiger partial charge in [0, 0.05) is 31.0 Å². The number of amides is 1. The average Bonchev–Trinajstić information content (AvgIpc) is 3.55. The Morgan fingerprint density at radius 3 is 2.69 bits per heavy atom. The lowest BCUT2D eigenvalue weighted by Gasteiger charge is -2.26. The molecule has 5 rings (SSSR count). The summed E-state index contributed by atoms with van der Waals surface area (Å²) in [5, 5.41) is 11.4. The zero-order valence-corrected chi connectivity index (χ0v) is 22.2. The molecule has 1 aromatic heterocycles. The van der Waals surface area contributed by atoms with E-state index in [1.165, 1.54) is 4.90 Å². The number of fused-ring (bicyclic) bond motifs is 1. The molecular weight excluding hydrogens is 498 g/mol. The van der Waals surface area contributed by atoms with Gasteiger partial charge < -0.3 is 28.8 Å². The average molecular weight is 532 g/mol. The number of likely N-dealkylation sites (tertiary alicyclic amines) is 1. The zero-order chi connectivity index (χ0) is 27.4. The number of hydrogen-bond donors (Lipinski definition) is 1. The highest BCUT2D eigenvalue weighted by Crippen LogP contribution is 2.41. The van der Waals surface area contributed by atoms with E-state index in [2.05, 4.69) is 18.8 Å². The summed E-state index contributed by atoms with van der Waals surface area (Å²) in [7, 11) is 0. The van der Waals surface area contributed by atoms with Crippen LogP contribution in [0, 0.1) is 5.92 Å². The Morgan fingerprint density at radius 2 is 1.92 bits per heavy atom. The van der Waals surface area contributed by atoms with Crippen LogP contribution in [0.25, 0.3) is 5.76 Å². The first-order chi connectivity index (χ1) is 18.9. The van der Waals surface area contributed by atoms with Gasteiger partial charge in [-0.2, -0.15) is 0 Å². The number of ketones is 1. The molecule has 39 heavy (non-hydrogen) atoms. The molecule has 1 saturated heterocycles. The molecule has 1 amide bonds. The van der Waals surface area contributed by atoms with Crippen LogP contribution in [0.5, 0.6) is 17.2 Å². The van der Waals surface area contributed by atoms with Crippen molar-refractivity contribution in [2.45, 2.75) is 39.3 Å².